The number of rotatable bonds is 3. The van der Waals surface area contributed by atoms with Crippen LogP contribution < -0.4 is 5.73 Å². The Morgan fingerprint density at radius 1 is 1.03 bits per heavy atom. The van der Waals surface area contributed by atoms with Crippen molar-refractivity contribution in [3.63, 3.8) is 0 Å². The van der Waals surface area contributed by atoms with E-state index in [1.54, 1.807) is 29.7 Å². The first-order valence-corrected chi connectivity index (χ1v) is 12.0. The zero-order valence-electron chi connectivity index (χ0n) is 16.9. The first-order valence-electron chi connectivity index (χ1n) is 9.14. The molecule has 11 heteroatoms. The van der Waals surface area contributed by atoms with Gasteiger partial charge < -0.3 is 5.73 Å². The second-order valence-corrected chi connectivity index (χ2v) is 8.52. The van der Waals surface area contributed by atoms with Crippen LogP contribution >= 0.6 is 62.6 Å². The molecular weight excluding hydrogens is 657 g/mol. The van der Waals surface area contributed by atoms with Crippen LogP contribution in [0.15, 0.2) is 77.9 Å². The zero-order valence-corrected chi connectivity index (χ0v) is 22.4. The van der Waals surface area contributed by atoms with E-state index in [1.807, 2.05) is 27.6 Å². The Bertz CT molecular complexity index is 1240. The summed E-state index contributed by atoms with van der Waals surface area (Å²) in [5, 5.41) is 4.74. The average molecular weight is 681 g/mol. The van der Waals surface area contributed by atoms with Gasteiger partial charge in [-0.3, -0.25) is 9.20 Å². The van der Waals surface area contributed by atoms with Crippen molar-refractivity contribution in [1.82, 2.24) is 14.4 Å². The number of nitrogen functional groups attached to an aromatic ring is 1. The molecule has 0 amide bonds. The van der Waals surface area contributed by atoms with Crippen molar-refractivity contribution in [2.45, 2.75) is 7.43 Å². The van der Waals surface area contributed by atoms with Crippen molar-refractivity contribution < 1.29 is 15.0 Å². The number of nitrogens with zero attached hydrogens (tertiary/aromatic N) is 3. The number of anilines is 1. The molecular formula is C23H24BrF2IN4OS2. The van der Waals surface area contributed by atoms with Gasteiger partial charge in [-0.1, -0.05) is 23.4 Å². The van der Waals surface area contributed by atoms with Crippen LogP contribution in [0.25, 0.3) is 16.2 Å². The molecule has 2 aromatic carbocycles. The minimum atomic E-state index is -0.323. The fourth-order valence-corrected chi connectivity index (χ4v) is 3.84. The van der Waals surface area contributed by atoms with Gasteiger partial charge in [-0.25, -0.2) is 18.7 Å². The Hall–Kier alpha value is -2.22. The number of imidazole rings is 1. The second kappa shape index (κ2) is 14.9. The number of thiazole rings is 2. The number of nitrogens with two attached hydrogens (primary N) is 1. The number of fused-ring (bicyclic) bond motifs is 1. The van der Waals surface area contributed by atoms with Gasteiger partial charge in [-0.15, -0.1) is 46.7 Å². The van der Waals surface area contributed by atoms with E-state index >= 15 is 0 Å². The number of halogens is 4. The van der Waals surface area contributed by atoms with Crippen molar-refractivity contribution in [3.05, 3.63) is 95.1 Å². The Kier molecular flexibility index (Phi) is 13.1. The third-order valence-electron chi connectivity index (χ3n) is 3.97. The number of aromatic nitrogens is 3. The quantitative estimate of drug-likeness (QED) is 0.120. The molecule has 182 valence electrons. The Morgan fingerprint density at radius 2 is 1.65 bits per heavy atom. The normalized spacial score (nSPS) is 9.50. The van der Waals surface area contributed by atoms with Crippen LogP contribution in [0.4, 0.5) is 13.9 Å². The van der Waals surface area contributed by atoms with Crippen molar-refractivity contribution in [3.8, 4) is 11.3 Å². The molecule has 3 aromatic heterocycles. The molecule has 0 spiro atoms. The molecule has 0 radical (unpaired) electrons. The molecule has 0 fully saturated rings. The average Bonchev–Trinajstić information content (AvgIpc) is 3.53. The molecule has 0 aliphatic carbocycles. The maximum Gasteiger partial charge on any atom is 0.194 e. The lowest BCUT2D eigenvalue weighted by atomic mass is 10.1. The topological polar surface area (TPSA) is 73.3 Å². The summed E-state index contributed by atoms with van der Waals surface area (Å²) in [6.07, 6.45) is 5.58. The van der Waals surface area contributed by atoms with Gasteiger partial charge in [0.1, 0.15) is 11.6 Å². The highest BCUT2D eigenvalue weighted by atomic mass is 127. The number of ketones is 1. The lowest BCUT2D eigenvalue weighted by molar-refractivity contribution is 0.102. The second-order valence-electron chi connectivity index (χ2n) is 6.16. The number of benzene rings is 2. The Balaban J connectivity index is 0.000000515. The molecule has 34 heavy (non-hydrogen) atoms. The fraction of sp³-hybridized carbons (Fsp3) is 0.0870. The SMILES string of the molecule is C.Fc1ccc(-c2cn3ccsc3n2)cc1.I.Nc1nccs1.O=C(CBr)c1ccc(F)cc1.[HH]. The van der Waals surface area contributed by atoms with E-state index in [1.165, 1.54) is 47.7 Å². The number of carbonyl (C=O) groups excluding carboxylic acids is 1. The highest BCUT2D eigenvalue weighted by molar-refractivity contribution is 14.0. The van der Waals surface area contributed by atoms with Crippen molar-refractivity contribution >= 4 is 78.5 Å². The molecule has 5 aromatic rings. The summed E-state index contributed by atoms with van der Waals surface area (Å²) in [4.78, 5) is 20.1. The van der Waals surface area contributed by atoms with E-state index in [4.69, 9.17) is 5.73 Å². The predicted molar refractivity (Wildman–Crippen MR) is 154 cm³/mol. The lowest BCUT2D eigenvalue weighted by Crippen LogP contribution is -1.98. The minimum absolute atomic E-state index is 0. The van der Waals surface area contributed by atoms with Gasteiger partial charge in [0.15, 0.2) is 15.9 Å². The highest BCUT2D eigenvalue weighted by Gasteiger charge is 2.04. The molecule has 5 nitrogen and oxygen atoms in total. The van der Waals surface area contributed by atoms with Crippen LogP contribution in [0, 0.1) is 11.6 Å². The largest absolute Gasteiger partial charge is 0.375 e. The van der Waals surface area contributed by atoms with Gasteiger partial charge in [0, 0.05) is 41.9 Å². The number of carbonyl (C=O) groups is 1. The molecule has 2 N–H and O–H groups in total. The fourth-order valence-electron chi connectivity index (χ4n) is 2.43. The van der Waals surface area contributed by atoms with E-state index in [-0.39, 0.29) is 55.6 Å². The third-order valence-corrected chi connectivity index (χ3v) is 5.86. The maximum absolute atomic E-state index is 12.7. The van der Waals surface area contributed by atoms with Crippen molar-refractivity contribution in [1.29, 1.82) is 0 Å². The monoisotopic (exact) mass is 680 g/mol. The lowest BCUT2D eigenvalue weighted by Gasteiger charge is -1.94. The van der Waals surface area contributed by atoms with Crippen LogP contribution in [0.1, 0.15) is 19.2 Å². The summed E-state index contributed by atoms with van der Waals surface area (Å²) in [5.74, 6) is -0.583. The van der Waals surface area contributed by atoms with Crippen LogP contribution in [0.2, 0.25) is 0 Å². The molecule has 0 saturated heterocycles. The van der Waals surface area contributed by atoms with Crippen LogP contribution in [0.3, 0.4) is 0 Å². The standard InChI is InChI=1S/C11H7FN2S.C8H6BrFO.C3H4N2S.CH4.HI.H2/c12-9-3-1-8(2-4-9)10-7-14-5-6-15-11(14)13-10;9-5-8(11)6-1-3-7(10)4-2-6;4-3-5-1-2-6-3;;;/h1-7H;1-4H,5H2;1-2H,(H2,4,5);1H4;2*1H. The van der Waals surface area contributed by atoms with Crippen LogP contribution in [-0.2, 0) is 0 Å². The van der Waals surface area contributed by atoms with Crippen molar-refractivity contribution in [2.24, 2.45) is 0 Å². The Morgan fingerprint density at radius 3 is 2.12 bits per heavy atom. The van der Waals surface area contributed by atoms with Gasteiger partial charge in [-0.05, 0) is 48.5 Å². The zero-order chi connectivity index (χ0) is 22.9. The summed E-state index contributed by atoms with van der Waals surface area (Å²) < 4.78 is 27.0. The number of alkyl halides is 1. The number of hydrogen-bond donors (Lipinski definition) is 1. The molecule has 0 atom stereocenters. The molecule has 0 unspecified atom stereocenters. The first-order chi connectivity index (χ1) is 15.5. The van der Waals surface area contributed by atoms with E-state index in [0.29, 0.717) is 10.7 Å². The molecule has 0 aliphatic heterocycles. The predicted octanol–water partition coefficient (Wildman–Crippen LogP) is 7.83. The number of hydrogen-bond acceptors (Lipinski definition) is 6. The van der Waals surface area contributed by atoms with Gasteiger partial charge in [0.2, 0.25) is 0 Å². The molecule has 0 saturated carbocycles. The first kappa shape index (κ1) is 29.8. The summed E-state index contributed by atoms with van der Waals surface area (Å²) in [6, 6.07) is 11.9. The highest BCUT2D eigenvalue weighted by Crippen LogP contribution is 2.21. The van der Waals surface area contributed by atoms with Gasteiger partial charge in [0.25, 0.3) is 0 Å². The minimum Gasteiger partial charge on any atom is -0.375 e. The van der Waals surface area contributed by atoms with Crippen LogP contribution in [-0.4, -0.2) is 25.5 Å². The van der Waals surface area contributed by atoms with Crippen molar-refractivity contribution in [2.75, 3.05) is 11.1 Å². The smallest absolute Gasteiger partial charge is 0.194 e. The van der Waals surface area contributed by atoms with Gasteiger partial charge in [-0.2, -0.15) is 0 Å². The Labute approximate surface area is 231 Å². The molecule has 3 heterocycles. The van der Waals surface area contributed by atoms with E-state index in [0.717, 1.165) is 16.2 Å². The van der Waals surface area contributed by atoms with Gasteiger partial charge in [0.05, 0.1) is 11.0 Å². The maximum atomic E-state index is 12.7. The van der Waals surface area contributed by atoms with E-state index in [2.05, 4.69) is 25.9 Å². The summed E-state index contributed by atoms with van der Waals surface area (Å²) in [7, 11) is 0. The molecule has 0 aliphatic rings. The summed E-state index contributed by atoms with van der Waals surface area (Å²) >= 11 is 6.05. The summed E-state index contributed by atoms with van der Waals surface area (Å²) in [6.45, 7) is 0. The van der Waals surface area contributed by atoms with E-state index in [9.17, 15) is 13.6 Å². The number of Topliss-reactive ketones (excluding diaryl/α,β-unsaturated/α-hetero) is 1. The van der Waals surface area contributed by atoms with Gasteiger partial charge >= 0.3 is 0 Å². The molecule has 0 bridgehead atoms. The summed E-state index contributed by atoms with van der Waals surface area (Å²) in [5.41, 5.74) is 7.53. The van der Waals surface area contributed by atoms with E-state index < -0.39 is 0 Å². The third kappa shape index (κ3) is 8.85. The van der Waals surface area contributed by atoms with Crippen LogP contribution in [0.5, 0.6) is 0 Å². The molecule has 5 rings (SSSR count).